The van der Waals surface area contributed by atoms with Crippen molar-refractivity contribution in [2.45, 2.75) is 53.9 Å². The van der Waals surface area contributed by atoms with E-state index in [1.54, 1.807) is 6.08 Å². The molecular weight excluding hydrogens is 504 g/mol. The third-order valence-corrected chi connectivity index (χ3v) is 7.42. The molecule has 5 heteroatoms. The van der Waals surface area contributed by atoms with Crippen molar-refractivity contribution in [3.05, 3.63) is 144 Å². The number of allylic oxidation sites excluding steroid dienone is 16. The van der Waals surface area contributed by atoms with Gasteiger partial charge in [0.25, 0.3) is 0 Å². The molecule has 0 spiro atoms. The Hall–Kier alpha value is -3.57. The lowest BCUT2D eigenvalue weighted by atomic mass is 9.92. The molecule has 0 aliphatic carbocycles. The average molecular weight is 551 g/mol. The molecule has 0 atom stereocenters. The fourth-order valence-corrected chi connectivity index (χ4v) is 4.53. The zero-order chi connectivity index (χ0) is 29.8. The molecule has 39 heavy (non-hydrogen) atoms. The Morgan fingerprint density at radius 3 is 1.72 bits per heavy atom. The zero-order valence-corrected chi connectivity index (χ0v) is 25.4. The maximum atomic E-state index is 13.2. The summed E-state index contributed by atoms with van der Waals surface area (Å²) in [6.45, 7) is 25.4. The van der Waals surface area contributed by atoms with Gasteiger partial charge in [0.2, 0.25) is 9.84 Å². The predicted molar refractivity (Wildman–Crippen MR) is 169 cm³/mol. The van der Waals surface area contributed by atoms with Crippen LogP contribution in [-0.2, 0) is 19.3 Å². The molecular formula is C34H46O4S. The van der Waals surface area contributed by atoms with Crippen LogP contribution < -0.4 is 0 Å². The number of methoxy groups -OCH3 is 1. The lowest BCUT2D eigenvalue weighted by molar-refractivity contribution is 0.307. The molecule has 0 aromatic heterocycles. The summed E-state index contributed by atoms with van der Waals surface area (Å²) in [4.78, 5) is -0.0157. The van der Waals surface area contributed by atoms with E-state index in [0.717, 1.165) is 18.6 Å². The molecule has 0 aliphatic rings. The van der Waals surface area contributed by atoms with Crippen LogP contribution in [0.15, 0.2) is 144 Å². The summed E-state index contributed by atoms with van der Waals surface area (Å²) in [7, 11) is -2.41. The number of sulfone groups is 1. The molecule has 0 bridgehead atoms. The summed E-state index contributed by atoms with van der Waals surface area (Å²) >= 11 is 0. The largest absolute Gasteiger partial charge is 0.497 e. The maximum absolute atomic E-state index is 13.2. The molecule has 0 rings (SSSR count). The zero-order valence-electron chi connectivity index (χ0n) is 24.6. The van der Waals surface area contributed by atoms with Gasteiger partial charge in [-0.3, -0.25) is 0 Å². The van der Waals surface area contributed by atoms with Gasteiger partial charge in [0.05, 0.1) is 16.9 Å². The average Bonchev–Trinajstić information content (AvgIpc) is 2.92. The second-order valence-corrected chi connectivity index (χ2v) is 10.5. The number of rotatable bonds is 18. The molecule has 0 unspecified atom stereocenters. The van der Waals surface area contributed by atoms with Crippen molar-refractivity contribution in [1.82, 2.24) is 0 Å². The van der Waals surface area contributed by atoms with E-state index in [1.165, 1.54) is 60.8 Å². The summed E-state index contributed by atoms with van der Waals surface area (Å²) in [6, 6.07) is 0. The van der Waals surface area contributed by atoms with Gasteiger partial charge in [-0.05, 0) is 72.4 Å². The van der Waals surface area contributed by atoms with E-state index in [2.05, 4.69) is 78.3 Å². The minimum absolute atomic E-state index is 0.00594. The first-order chi connectivity index (χ1) is 18.6. The van der Waals surface area contributed by atoms with Crippen LogP contribution in [0.2, 0.25) is 0 Å². The molecule has 0 heterocycles. The van der Waals surface area contributed by atoms with Crippen LogP contribution in [-0.4, -0.2) is 15.5 Å². The van der Waals surface area contributed by atoms with Crippen molar-refractivity contribution < 1.29 is 17.9 Å². The Morgan fingerprint density at radius 1 is 0.744 bits per heavy atom. The molecule has 0 saturated carbocycles. The molecule has 212 valence electrons. The van der Waals surface area contributed by atoms with Crippen molar-refractivity contribution >= 4 is 9.84 Å². The summed E-state index contributed by atoms with van der Waals surface area (Å²) in [5.74, 6) is 1.89. The van der Waals surface area contributed by atoms with E-state index in [1.807, 2.05) is 13.0 Å². The fourth-order valence-electron chi connectivity index (χ4n) is 3.33. The van der Waals surface area contributed by atoms with Crippen LogP contribution in [0.3, 0.4) is 0 Å². The van der Waals surface area contributed by atoms with Gasteiger partial charge in [0.1, 0.15) is 17.3 Å². The van der Waals surface area contributed by atoms with Gasteiger partial charge >= 0.3 is 0 Å². The Bertz CT molecular complexity index is 1210. The predicted octanol–water partition coefficient (Wildman–Crippen LogP) is 9.52. The van der Waals surface area contributed by atoms with E-state index in [0.29, 0.717) is 23.9 Å². The Balaban J connectivity index is 6.37. The van der Waals surface area contributed by atoms with Crippen molar-refractivity contribution in [1.29, 1.82) is 0 Å². The van der Waals surface area contributed by atoms with Gasteiger partial charge in [-0.25, -0.2) is 8.42 Å². The van der Waals surface area contributed by atoms with Crippen LogP contribution in [0.1, 0.15) is 53.9 Å². The molecule has 0 radical (unpaired) electrons. The van der Waals surface area contributed by atoms with Gasteiger partial charge in [0, 0.05) is 6.42 Å². The first-order valence-corrected chi connectivity index (χ1v) is 14.7. The lowest BCUT2D eigenvalue weighted by Gasteiger charge is -2.14. The molecule has 0 aliphatic heterocycles. The Morgan fingerprint density at radius 2 is 1.31 bits per heavy atom. The molecule has 0 saturated heterocycles. The molecule has 0 fully saturated rings. The van der Waals surface area contributed by atoms with Crippen LogP contribution >= 0.6 is 0 Å². The monoisotopic (exact) mass is 550 g/mol. The van der Waals surface area contributed by atoms with Crippen LogP contribution in [0, 0.1) is 5.92 Å². The smallest absolute Gasteiger partial charge is 0.206 e. The van der Waals surface area contributed by atoms with Crippen LogP contribution in [0.25, 0.3) is 0 Å². The first kappa shape index (κ1) is 35.4. The number of ether oxygens (including phenoxy) is 2. The highest BCUT2D eigenvalue weighted by atomic mass is 32.2. The SMILES string of the molecule is C=C/C(=C\C=C(/C=C)S(=O)(=O)/C(C=C)=C/C=C(\C=C)O/C(=C/C=C(/C(=C/C=C\CC)CC)C(C)C)CC)OC. The van der Waals surface area contributed by atoms with E-state index in [4.69, 9.17) is 9.47 Å². The van der Waals surface area contributed by atoms with E-state index in [-0.39, 0.29) is 9.81 Å². The van der Waals surface area contributed by atoms with Gasteiger partial charge in [-0.15, -0.1) is 0 Å². The lowest BCUT2D eigenvalue weighted by Crippen LogP contribution is -2.04. The topological polar surface area (TPSA) is 52.6 Å². The standard InChI is InChI=1S/C34H46O4S/c1-11-18-19-20-28(12-2)34(27(8)9)26-23-31(15-5)38-30(14-4)22-25-33(17-7)39(35,36)32(16-6)24-21-29(13-3)37-10/h13-14,16-27H,3-4,6-7,11-12,15H2,1-2,5,8-10H3/b19-18-,28-20+,29-21+,30-22+,31-23+,32-24+,33-25+,34-26+. The quantitative estimate of drug-likeness (QED) is 0.126. The summed E-state index contributed by atoms with van der Waals surface area (Å²) in [5.41, 5.74) is 2.51. The van der Waals surface area contributed by atoms with Crippen molar-refractivity contribution in [3.8, 4) is 0 Å². The van der Waals surface area contributed by atoms with Gasteiger partial charge in [0.15, 0.2) is 0 Å². The van der Waals surface area contributed by atoms with Crippen molar-refractivity contribution in [2.75, 3.05) is 7.11 Å². The second-order valence-electron chi connectivity index (χ2n) is 8.55. The molecule has 0 aromatic carbocycles. The van der Waals surface area contributed by atoms with E-state index in [9.17, 15) is 8.42 Å². The first-order valence-electron chi connectivity index (χ1n) is 13.2. The highest BCUT2D eigenvalue weighted by molar-refractivity contribution is 7.99. The molecule has 4 nitrogen and oxygen atoms in total. The van der Waals surface area contributed by atoms with Gasteiger partial charge in [-0.1, -0.05) is 97.4 Å². The van der Waals surface area contributed by atoms with Gasteiger partial charge in [-0.2, -0.15) is 0 Å². The molecule has 0 N–H and O–H groups in total. The second kappa shape index (κ2) is 19.5. The highest BCUT2D eigenvalue weighted by Gasteiger charge is 2.18. The summed E-state index contributed by atoms with van der Waals surface area (Å²) in [5, 5.41) is 0. The molecule has 0 amide bonds. The summed E-state index contributed by atoms with van der Waals surface area (Å²) in [6.07, 6.45) is 24.5. The molecule has 0 aromatic rings. The van der Waals surface area contributed by atoms with Gasteiger partial charge < -0.3 is 9.47 Å². The van der Waals surface area contributed by atoms with Crippen molar-refractivity contribution in [2.24, 2.45) is 5.92 Å². The van der Waals surface area contributed by atoms with Crippen LogP contribution in [0.4, 0.5) is 0 Å². The minimum Gasteiger partial charge on any atom is -0.497 e. The number of hydrogen-bond donors (Lipinski definition) is 0. The van der Waals surface area contributed by atoms with E-state index < -0.39 is 9.84 Å². The minimum atomic E-state index is -3.89. The third-order valence-electron chi connectivity index (χ3n) is 5.57. The van der Waals surface area contributed by atoms with Crippen molar-refractivity contribution in [3.63, 3.8) is 0 Å². The summed E-state index contributed by atoms with van der Waals surface area (Å²) < 4.78 is 37.6. The highest BCUT2D eigenvalue weighted by Crippen LogP contribution is 2.24. The normalized spacial score (nSPS) is 15.0. The van der Waals surface area contributed by atoms with Crippen LogP contribution in [0.5, 0.6) is 0 Å². The third kappa shape index (κ3) is 12.2. The Kier molecular flexibility index (Phi) is 17.7. The Labute approximate surface area is 237 Å². The fraction of sp³-hybridized carbons (Fsp3) is 0.294. The maximum Gasteiger partial charge on any atom is 0.206 e. The number of hydrogen-bond acceptors (Lipinski definition) is 4. The van der Waals surface area contributed by atoms with E-state index >= 15 is 0 Å².